The van der Waals surface area contributed by atoms with Gasteiger partial charge in [0.2, 0.25) is 11.8 Å². The average molecular weight is 606 g/mol. The lowest BCUT2D eigenvalue weighted by Gasteiger charge is -2.32. The van der Waals surface area contributed by atoms with E-state index < -0.39 is 46.2 Å². The highest BCUT2D eigenvalue weighted by atomic mass is 32.2. The Labute approximate surface area is 244 Å². The molecule has 0 heterocycles. The molecule has 0 saturated heterocycles. The largest absolute Gasteiger partial charge is 0.497 e. The summed E-state index contributed by atoms with van der Waals surface area (Å²) in [4.78, 5) is 28.0. The van der Waals surface area contributed by atoms with E-state index in [1.165, 1.54) is 49.3 Å². The molecule has 3 aromatic carbocycles. The van der Waals surface area contributed by atoms with Crippen LogP contribution in [-0.2, 0) is 32.3 Å². The van der Waals surface area contributed by atoms with Crippen LogP contribution >= 0.6 is 0 Å². The van der Waals surface area contributed by atoms with Crippen LogP contribution < -0.4 is 14.4 Å². The molecule has 3 rings (SSSR count). The fourth-order valence-corrected chi connectivity index (χ4v) is 5.53. The zero-order chi connectivity index (χ0) is 31.1. The Kier molecular flexibility index (Phi) is 10.6. The van der Waals surface area contributed by atoms with Gasteiger partial charge in [-0.2, -0.15) is 13.2 Å². The summed E-state index contributed by atoms with van der Waals surface area (Å²) in [6.45, 7) is 4.25. The Balaban J connectivity index is 2.08. The molecule has 0 aromatic heterocycles. The number of ether oxygens (including phenoxy) is 1. The summed E-state index contributed by atoms with van der Waals surface area (Å²) < 4.78 is 74.1. The number of sulfonamides is 1. The zero-order valence-corrected chi connectivity index (χ0v) is 24.6. The summed E-state index contributed by atoms with van der Waals surface area (Å²) in [5.41, 5.74) is -0.822. The minimum absolute atomic E-state index is 0.0903. The SMILES string of the molecule is CC[C@H](C)NC(=O)[C@H](C)N(Cc1cccc(OC)c1)C(=O)CN(c1cccc(C(F)(F)F)c1)S(=O)(=O)c1ccccc1. The molecule has 0 aliphatic rings. The van der Waals surface area contributed by atoms with Gasteiger partial charge in [-0.15, -0.1) is 0 Å². The number of hydrogen-bond acceptors (Lipinski definition) is 5. The fraction of sp³-hybridized carbons (Fsp3) is 0.333. The number of benzene rings is 3. The molecule has 0 bridgehead atoms. The number of anilines is 1. The zero-order valence-electron chi connectivity index (χ0n) is 23.8. The molecular formula is C30H34F3N3O5S. The van der Waals surface area contributed by atoms with Gasteiger partial charge in [0.15, 0.2) is 0 Å². The molecule has 2 amide bonds. The van der Waals surface area contributed by atoms with Crippen molar-refractivity contribution in [2.75, 3.05) is 18.0 Å². The highest BCUT2D eigenvalue weighted by Crippen LogP contribution is 2.33. The van der Waals surface area contributed by atoms with Crippen LogP contribution in [0.5, 0.6) is 5.75 Å². The number of hydrogen-bond donors (Lipinski definition) is 1. The van der Waals surface area contributed by atoms with E-state index in [-0.39, 0.29) is 23.2 Å². The van der Waals surface area contributed by atoms with Crippen LogP contribution in [0.3, 0.4) is 0 Å². The van der Waals surface area contributed by atoms with E-state index in [0.29, 0.717) is 28.1 Å². The van der Waals surface area contributed by atoms with E-state index in [2.05, 4.69) is 5.32 Å². The highest BCUT2D eigenvalue weighted by molar-refractivity contribution is 7.92. The Hall–Kier alpha value is -4.06. The van der Waals surface area contributed by atoms with Crippen molar-refractivity contribution in [3.8, 4) is 5.75 Å². The lowest BCUT2D eigenvalue weighted by Crippen LogP contribution is -2.52. The van der Waals surface area contributed by atoms with Crippen LogP contribution in [0.2, 0.25) is 0 Å². The summed E-state index contributed by atoms with van der Waals surface area (Å²) in [6, 6.07) is 16.4. The van der Waals surface area contributed by atoms with Gasteiger partial charge in [-0.1, -0.05) is 43.3 Å². The summed E-state index contributed by atoms with van der Waals surface area (Å²) in [6.07, 6.45) is -4.11. The van der Waals surface area contributed by atoms with E-state index in [1.807, 2.05) is 6.92 Å². The van der Waals surface area contributed by atoms with Crippen molar-refractivity contribution in [3.05, 3.63) is 90.0 Å². The molecule has 2 atom stereocenters. The third-order valence-electron chi connectivity index (χ3n) is 6.73. The topological polar surface area (TPSA) is 96.0 Å². The number of halogens is 3. The molecule has 0 spiro atoms. The molecule has 0 radical (unpaired) electrons. The second-order valence-electron chi connectivity index (χ2n) is 9.74. The van der Waals surface area contributed by atoms with Crippen molar-refractivity contribution in [2.24, 2.45) is 0 Å². The van der Waals surface area contributed by atoms with Crippen LogP contribution in [0.4, 0.5) is 18.9 Å². The van der Waals surface area contributed by atoms with Crippen LogP contribution in [-0.4, -0.2) is 50.9 Å². The van der Waals surface area contributed by atoms with Crippen LogP contribution in [0, 0.1) is 0 Å². The summed E-state index contributed by atoms with van der Waals surface area (Å²) in [7, 11) is -3.02. The van der Waals surface area contributed by atoms with Gasteiger partial charge >= 0.3 is 6.18 Å². The summed E-state index contributed by atoms with van der Waals surface area (Å²) >= 11 is 0. The second-order valence-corrected chi connectivity index (χ2v) is 11.6. The number of methoxy groups -OCH3 is 1. The third-order valence-corrected chi connectivity index (χ3v) is 8.52. The number of amides is 2. The Morgan fingerprint density at radius 1 is 0.952 bits per heavy atom. The average Bonchev–Trinajstić information content (AvgIpc) is 2.98. The first-order valence-electron chi connectivity index (χ1n) is 13.3. The van der Waals surface area contributed by atoms with Crippen molar-refractivity contribution >= 4 is 27.5 Å². The number of nitrogens with one attached hydrogen (secondary N) is 1. The molecule has 0 aliphatic heterocycles. The van der Waals surface area contributed by atoms with Gasteiger partial charge in [-0.05, 0) is 68.3 Å². The Bertz CT molecular complexity index is 1480. The predicted molar refractivity (Wildman–Crippen MR) is 153 cm³/mol. The van der Waals surface area contributed by atoms with Crippen LogP contribution in [0.1, 0.15) is 38.3 Å². The molecule has 0 fully saturated rings. The molecule has 0 saturated carbocycles. The van der Waals surface area contributed by atoms with E-state index in [1.54, 1.807) is 37.3 Å². The van der Waals surface area contributed by atoms with Gasteiger partial charge < -0.3 is 15.0 Å². The first-order chi connectivity index (χ1) is 19.8. The van der Waals surface area contributed by atoms with Gasteiger partial charge in [0.1, 0.15) is 18.3 Å². The highest BCUT2D eigenvalue weighted by Gasteiger charge is 2.35. The van der Waals surface area contributed by atoms with Crippen molar-refractivity contribution in [2.45, 2.75) is 56.9 Å². The van der Waals surface area contributed by atoms with Gasteiger partial charge in [0.25, 0.3) is 10.0 Å². The number of rotatable bonds is 12. The third kappa shape index (κ3) is 8.03. The van der Waals surface area contributed by atoms with Gasteiger partial charge in [0.05, 0.1) is 23.3 Å². The van der Waals surface area contributed by atoms with Crippen LogP contribution in [0.15, 0.2) is 83.8 Å². The Morgan fingerprint density at radius 3 is 2.24 bits per heavy atom. The fourth-order valence-electron chi connectivity index (χ4n) is 4.10. The monoisotopic (exact) mass is 605 g/mol. The minimum Gasteiger partial charge on any atom is -0.497 e. The molecular weight excluding hydrogens is 571 g/mol. The van der Waals surface area contributed by atoms with E-state index in [9.17, 15) is 31.2 Å². The van der Waals surface area contributed by atoms with Crippen LogP contribution in [0.25, 0.3) is 0 Å². The molecule has 42 heavy (non-hydrogen) atoms. The smallest absolute Gasteiger partial charge is 0.416 e. The van der Waals surface area contributed by atoms with E-state index in [0.717, 1.165) is 12.1 Å². The molecule has 0 unspecified atom stereocenters. The summed E-state index contributed by atoms with van der Waals surface area (Å²) in [5, 5.41) is 2.82. The molecule has 12 heteroatoms. The van der Waals surface area contributed by atoms with E-state index >= 15 is 0 Å². The van der Waals surface area contributed by atoms with Crippen molar-refractivity contribution in [1.29, 1.82) is 0 Å². The van der Waals surface area contributed by atoms with Gasteiger partial charge in [-0.3, -0.25) is 13.9 Å². The van der Waals surface area contributed by atoms with Crippen molar-refractivity contribution < 1.29 is 35.9 Å². The molecule has 0 aliphatic carbocycles. The maximum Gasteiger partial charge on any atom is 0.416 e. The van der Waals surface area contributed by atoms with Crippen molar-refractivity contribution in [1.82, 2.24) is 10.2 Å². The van der Waals surface area contributed by atoms with Crippen molar-refractivity contribution in [3.63, 3.8) is 0 Å². The molecule has 226 valence electrons. The number of alkyl halides is 3. The Morgan fingerprint density at radius 2 is 1.62 bits per heavy atom. The van der Waals surface area contributed by atoms with Gasteiger partial charge in [0, 0.05) is 12.6 Å². The molecule has 1 N–H and O–H groups in total. The maximum absolute atomic E-state index is 13.9. The van der Waals surface area contributed by atoms with E-state index in [4.69, 9.17) is 4.74 Å². The normalized spacial score (nSPS) is 13.1. The number of carbonyl (C=O) groups is 2. The quantitative estimate of drug-likeness (QED) is 0.305. The number of nitrogens with zero attached hydrogens (tertiary/aromatic N) is 2. The first-order valence-corrected chi connectivity index (χ1v) is 14.7. The van der Waals surface area contributed by atoms with Gasteiger partial charge in [-0.25, -0.2) is 8.42 Å². The second kappa shape index (κ2) is 13.7. The summed E-state index contributed by atoms with van der Waals surface area (Å²) in [5.74, 6) is -0.743. The standard InChI is InChI=1S/C30H34F3N3O5S/c1-5-21(2)34-29(38)22(3)35(19-23-11-9-14-26(17-23)41-4)28(37)20-36(42(39,40)27-15-7-6-8-16-27)25-13-10-12-24(18-25)30(31,32)33/h6-18,21-22H,5,19-20H2,1-4H3,(H,34,38)/t21-,22-/m0/s1. The molecule has 8 nitrogen and oxygen atoms in total. The minimum atomic E-state index is -4.75. The lowest BCUT2D eigenvalue weighted by atomic mass is 10.1. The predicted octanol–water partition coefficient (Wildman–Crippen LogP) is 5.24. The lowest BCUT2D eigenvalue weighted by molar-refractivity contribution is -0.139. The maximum atomic E-state index is 13.9. The molecule has 3 aromatic rings. The first kappa shape index (κ1) is 32.5. The number of carbonyl (C=O) groups excluding carboxylic acids is 2.